The highest BCUT2D eigenvalue weighted by Gasteiger charge is 2.14. The summed E-state index contributed by atoms with van der Waals surface area (Å²) in [5.74, 6) is 0.484. The smallest absolute Gasteiger partial charge is 0.261 e. The fraction of sp³-hybridized carbons (Fsp3) is 0.263. The van der Waals surface area contributed by atoms with Crippen LogP contribution in [0.3, 0.4) is 0 Å². The molecular formula is C19H22N2O4. The van der Waals surface area contributed by atoms with E-state index in [0.29, 0.717) is 18.0 Å². The lowest BCUT2D eigenvalue weighted by molar-refractivity contribution is -0.127. The van der Waals surface area contributed by atoms with Gasteiger partial charge < -0.3 is 20.5 Å². The van der Waals surface area contributed by atoms with Crippen molar-refractivity contribution in [2.24, 2.45) is 5.73 Å². The van der Waals surface area contributed by atoms with Crippen molar-refractivity contribution in [3.63, 3.8) is 0 Å². The van der Waals surface area contributed by atoms with Gasteiger partial charge in [0.15, 0.2) is 12.7 Å². The molecule has 0 saturated heterocycles. The number of primary amides is 1. The maximum absolute atomic E-state index is 12.1. The minimum absolute atomic E-state index is 0.163. The lowest BCUT2D eigenvalue weighted by atomic mass is 10.2. The van der Waals surface area contributed by atoms with E-state index >= 15 is 0 Å². The third-order valence-electron chi connectivity index (χ3n) is 3.44. The van der Waals surface area contributed by atoms with Gasteiger partial charge in [-0.25, -0.2) is 0 Å². The Balaban J connectivity index is 1.81. The second-order valence-corrected chi connectivity index (χ2v) is 5.69. The Hall–Kier alpha value is -3.02. The molecule has 2 rings (SSSR count). The van der Waals surface area contributed by atoms with Gasteiger partial charge in [-0.05, 0) is 49.2 Å². The zero-order valence-corrected chi connectivity index (χ0v) is 14.3. The fourth-order valence-electron chi connectivity index (χ4n) is 2.14. The Kier molecular flexibility index (Phi) is 6.39. The van der Waals surface area contributed by atoms with E-state index in [-0.39, 0.29) is 12.5 Å². The van der Waals surface area contributed by atoms with Crippen LogP contribution in [0.25, 0.3) is 0 Å². The zero-order chi connectivity index (χ0) is 18.2. The zero-order valence-electron chi connectivity index (χ0n) is 14.3. The Morgan fingerprint density at radius 2 is 1.84 bits per heavy atom. The summed E-state index contributed by atoms with van der Waals surface area (Å²) >= 11 is 0. The molecule has 6 nitrogen and oxygen atoms in total. The maximum Gasteiger partial charge on any atom is 0.261 e. The van der Waals surface area contributed by atoms with Crippen molar-refractivity contribution in [3.05, 3.63) is 59.7 Å². The number of carbonyl (C=O) groups is 2. The number of nitrogens with two attached hydrogens (primary N) is 1. The highest BCUT2D eigenvalue weighted by molar-refractivity contribution is 5.80. The topological polar surface area (TPSA) is 90.7 Å². The summed E-state index contributed by atoms with van der Waals surface area (Å²) in [5.41, 5.74) is 7.00. The molecule has 0 heterocycles. The third kappa shape index (κ3) is 6.18. The quantitative estimate of drug-likeness (QED) is 0.767. The largest absolute Gasteiger partial charge is 0.484 e. The van der Waals surface area contributed by atoms with Crippen molar-refractivity contribution in [3.8, 4) is 11.5 Å². The van der Waals surface area contributed by atoms with Crippen LogP contribution < -0.4 is 20.5 Å². The molecule has 0 spiro atoms. The standard InChI is InChI=1S/C19H22N2O4/c1-13-4-3-5-17(10-13)25-14(2)19(23)21-11-15-6-8-16(9-7-15)24-12-18(20)22/h3-10,14H,11-12H2,1-2H3,(H2,20,22)(H,21,23)/t14-/m1/s1. The predicted molar refractivity (Wildman–Crippen MR) is 94.2 cm³/mol. The number of benzene rings is 2. The lowest BCUT2D eigenvalue weighted by Gasteiger charge is -2.15. The van der Waals surface area contributed by atoms with Gasteiger partial charge in [0.25, 0.3) is 11.8 Å². The van der Waals surface area contributed by atoms with E-state index < -0.39 is 12.0 Å². The van der Waals surface area contributed by atoms with E-state index in [1.165, 1.54) is 0 Å². The number of amides is 2. The van der Waals surface area contributed by atoms with E-state index in [4.69, 9.17) is 15.2 Å². The van der Waals surface area contributed by atoms with Crippen LogP contribution in [0.4, 0.5) is 0 Å². The van der Waals surface area contributed by atoms with Gasteiger partial charge in [-0.3, -0.25) is 9.59 Å². The molecular weight excluding hydrogens is 320 g/mol. The molecule has 0 aromatic heterocycles. The summed E-state index contributed by atoms with van der Waals surface area (Å²) in [6.45, 7) is 3.88. The van der Waals surface area contributed by atoms with Crippen molar-refractivity contribution in [1.82, 2.24) is 5.32 Å². The molecule has 0 aliphatic heterocycles. The second kappa shape index (κ2) is 8.73. The van der Waals surface area contributed by atoms with Crippen LogP contribution >= 0.6 is 0 Å². The number of aryl methyl sites for hydroxylation is 1. The first-order valence-electron chi connectivity index (χ1n) is 7.95. The molecule has 25 heavy (non-hydrogen) atoms. The predicted octanol–water partition coefficient (Wildman–Crippen LogP) is 1.94. The number of ether oxygens (including phenoxy) is 2. The molecule has 0 radical (unpaired) electrons. The van der Waals surface area contributed by atoms with Crippen LogP contribution in [0.2, 0.25) is 0 Å². The van der Waals surface area contributed by atoms with Crippen LogP contribution in [-0.4, -0.2) is 24.5 Å². The highest BCUT2D eigenvalue weighted by Crippen LogP contribution is 2.15. The van der Waals surface area contributed by atoms with Gasteiger partial charge in [-0.1, -0.05) is 24.3 Å². The molecule has 0 aliphatic rings. The summed E-state index contributed by atoms with van der Waals surface area (Å²) in [4.78, 5) is 22.8. The number of rotatable bonds is 8. The first-order valence-corrected chi connectivity index (χ1v) is 7.95. The summed E-state index contributed by atoms with van der Waals surface area (Å²) in [5, 5.41) is 2.82. The van der Waals surface area contributed by atoms with Crippen LogP contribution in [-0.2, 0) is 16.1 Å². The van der Waals surface area contributed by atoms with Gasteiger partial charge in [0.05, 0.1) is 0 Å². The van der Waals surface area contributed by atoms with Gasteiger partial charge in [0.2, 0.25) is 0 Å². The fourth-order valence-corrected chi connectivity index (χ4v) is 2.14. The van der Waals surface area contributed by atoms with Crippen LogP contribution in [0, 0.1) is 6.92 Å². The molecule has 2 amide bonds. The number of hydrogen-bond donors (Lipinski definition) is 2. The van der Waals surface area contributed by atoms with Crippen molar-refractivity contribution in [2.75, 3.05) is 6.61 Å². The van der Waals surface area contributed by atoms with Crippen molar-refractivity contribution in [1.29, 1.82) is 0 Å². The van der Waals surface area contributed by atoms with E-state index in [1.54, 1.807) is 19.1 Å². The SMILES string of the molecule is Cc1cccc(O[C@H](C)C(=O)NCc2ccc(OCC(N)=O)cc2)c1. The van der Waals surface area contributed by atoms with Gasteiger partial charge in [0, 0.05) is 6.54 Å². The van der Waals surface area contributed by atoms with Crippen LogP contribution in [0.15, 0.2) is 48.5 Å². The average Bonchev–Trinajstić information content (AvgIpc) is 2.58. The average molecular weight is 342 g/mol. The molecule has 0 aliphatic carbocycles. The number of carbonyl (C=O) groups excluding carboxylic acids is 2. The van der Waals surface area contributed by atoms with Gasteiger partial charge in [-0.15, -0.1) is 0 Å². The first-order chi connectivity index (χ1) is 11.9. The summed E-state index contributed by atoms with van der Waals surface area (Å²) in [6, 6.07) is 14.6. The highest BCUT2D eigenvalue weighted by atomic mass is 16.5. The summed E-state index contributed by atoms with van der Waals surface area (Å²) in [6.07, 6.45) is -0.597. The molecule has 132 valence electrons. The van der Waals surface area contributed by atoms with Crippen molar-refractivity contribution >= 4 is 11.8 Å². The Bertz CT molecular complexity index is 728. The summed E-state index contributed by atoms with van der Waals surface area (Å²) < 4.78 is 10.8. The number of hydrogen-bond acceptors (Lipinski definition) is 4. The molecule has 2 aromatic carbocycles. The minimum Gasteiger partial charge on any atom is -0.484 e. The van der Waals surface area contributed by atoms with Crippen LogP contribution in [0.5, 0.6) is 11.5 Å². The van der Waals surface area contributed by atoms with E-state index in [9.17, 15) is 9.59 Å². The molecule has 0 fully saturated rings. The monoisotopic (exact) mass is 342 g/mol. The third-order valence-corrected chi connectivity index (χ3v) is 3.44. The molecule has 6 heteroatoms. The van der Waals surface area contributed by atoms with E-state index in [1.807, 2.05) is 43.3 Å². The van der Waals surface area contributed by atoms with Gasteiger partial charge >= 0.3 is 0 Å². The van der Waals surface area contributed by atoms with Gasteiger partial charge in [0.1, 0.15) is 11.5 Å². The maximum atomic E-state index is 12.1. The Labute approximate surface area is 146 Å². The van der Waals surface area contributed by atoms with Crippen LogP contribution in [0.1, 0.15) is 18.1 Å². The first kappa shape index (κ1) is 18.3. The van der Waals surface area contributed by atoms with E-state index in [0.717, 1.165) is 11.1 Å². The lowest BCUT2D eigenvalue weighted by Crippen LogP contribution is -2.35. The molecule has 2 aromatic rings. The van der Waals surface area contributed by atoms with E-state index in [2.05, 4.69) is 5.32 Å². The summed E-state index contributed by atoms with van der Waals surface area (Å²) in [7, 11) is 0. The van der Waals surface area contributed by atoms with Crippen molar-refractivity contribution in [2.45, 2.75) is 26.5 Å². The van der Waals surface area contributed by atoms with Gasteiger partial charge in [-0.2, -0.15) is 0 Å². The molecule has 0 bridgehead atoms. The minimum atomic E-state index is -0.597. The number of nitrogens with one attached hydrogen (secondary N) is 1. The molecule has 3 N–H and O–H groups in total. The Morgan fingerprint density at radius 3 is 2.48 bits per heavy atom. The second-order valence-electron chi connectivity index (χ2n) is 5.69. The molecule has 0 unspecified atom stereocenters. The molecule has 0 saturated carbocycles. The Morgan fingerprint density at radius 1 is 1.12 bits per heavy atom. The normalized spacial score (nSPS) is 11.4. The van der Waals surface area contributed by atoms with Crippen molar-refractivity contribution < 1.29 is 19.1 Å². The molecule has 1 atom stereocenters.